The molecular weight excluding hydrogens is 248 g/mol. The van der Waals surface area contributed by atoms with Crippen molar-refractivity contribution in [1.29, 1.82) is 0 Å². The summed E-state index contributed by atoms with van der Waals surface area (Å²) in [5, 5.41) is 4.75. The number of hydrogen-bond acceptors (Lipinski definition) is 3. The van der Waals surface area contributed by atoms with Gasteiger partial charge < -0.3 is 9.88 Å². The number of aryl methyl sites for hydroxylation is 2. The fraction of sp³-hybridized carbons (Fsp3) is 0.250. The van der Waals surface area contributed by atoms with Crippen molar-refractivity contribution in [2.75, 3.05) is 0 Å². The van der Waals surface area contributed by atoms with E-state index in [1.54, 1.807) is 6.20 Å². The van der Waals surface area contributed by atoms with Crippen LogP contribution in [0.5, 0.6) is 0 Å². The SMILES string of the molecule is Cc1nccc(CNCc2cn(C)c3ccccc23)n1. The first-order valence-electron chi connectivity index (χ1n) is 6.76. The Labute approximate surface area is 118 Å². The van der Waals surface area contributed by atoms with Crippen LogP contribution in [0.25, 0.3) is 10.9 Å². The predicted molar refractivity (Wildman–Crippen MR) is 80.2 cm³/mol. The lowest BCUT2D eigenvalue weighted by molar-refractivity contribution is 0.676. The van der Waals surface area contributed by atoms with Crippen LogP contribution >= 0.6 is 0 Å². The molecule has 20 heavy (non-hydrogen) atoms. The Morgan fingerprint density at radius 3 is 2.85 bits per heavy atom. The molecule has 1 aromatic carbocycles. The zero-order valence-electron chi connectivity index (χ0n) is 11.8. The number of aromatic nitrogens is 3. The van der Waals surface area contributed by atoms with Crippen LogP contribution in [0.2, 0.25) is 0 Å². The van der Waals surface area contributed by atoms with Crippen LogP contribution in [0.4, 0.5) is 0 Å². The van der Waals surface area contributed by atoms with Gasteiger partial charge in [0.25, 0.3) is 0 Å². The minimum Gasteiger partial charge on any atom is -0.350 e. The van der Waals surface area contributed by atoms with E-state index in [1.165, 1.54) is 16.5 Å². The lowest BCUT2D eigenvalue weighted by Crippen LogP contribution is -2.14. The number of nitrogens with zero attached hydrogens (tertiary/aromatic N) is 3. The van der Waals surface area contributed by atoms with Crippen molar-refractivity contribution in [2.24, 2.45) is 7.05 Å². The van der Waals surface area contributed by atoms with Gasteiger partial charge in [-0.25, -0.2) is 9.97 Å². The molecule has 0 amide bonds. The predicted octanol–water partition coefficient (Wildman–Crippen LogP) is 2.57. The first-order valence-corrected chi connectivity index (χ1v) is 6.76. The van der Waals surface area contributed by atoms with Crippen molar-refractivity contribution in [3.05, 3.63) is 59.8 Å². The van der Waals surface area contributed by atoms with Gasteiger partial charge >= 0.3 is 0 Å². The molecule has 2 heterocycles. The van der Waals surface area contributed by atoms with Gasteiger partial charge in [0.1, 0.15) is 5.82 Å². The van der Waals surface area contributed by atoms with Gasteiger partial charge in [-0.15, -0.1) is 0 Å². The van der Waals surface area contributed by atoms with Crippen molar-refractivity contribution < 1.29 is 0 Å². The van der Waals surface area contributed by atoms with Crippen LogP contribution in [0.3, 0.4) is 0 Å². The number of fused-ring (bicyclic) bond motifs is 1. The molecule has 0 aliphatic carbocycles. The van der Waals surface area contributed by atoms with E-state index in [-0.39, 0.29) is 0 Å². The van der Waals surface area contributed by atoms with Crippen LogP contribution in [0, 0.1) is 6.92 Å². The highest BCUT2D eigenvalue weighted by Crippen LogP contribution is 2.19. The molecule has 0 aliphatic heterocycles. The van der Waals surface area contributed by atoms with Gasteiger partial charge in [-0.3, -0.25) is 0 Å². The van der Waals surface area contributed by atoms with Gasteiger partial charge in [-0.2, -0.15) is 0 Å². The molecule has 0 saturated heterocycles. The van der Waals surface area contributed by atoms with E-state index in [2.05, 4.69) is 57.4 Å². The van der Waals surface area contributed by atoms with E-state index in [0.29, 0.717) is 0 Å². The van der Waals surface area contributed by atoms with Crippen molar-refractivity contribution in [2.45, 2.75) is 20.0 Å². The maximum absolute atomic E-state index is 4.39. The second kappa shape index (κ2) is 5.43. The topological polar surface area (TPSA) is 42.7 Å². The van der Waals surface area contributed by atoms with Crippen LogP contribution < -0.4 is 5.32 Å². The summed E-state index contributed by atoms with van der Waals surface area (Å²) in [6, 6.07) is 10.4. The second-order valence-corrected chi connectivity index (χ2v) is 4.98. The molecule has 1 N–H and O–H groups in total. The monoisotopic (exact) mass is 266 g/mol. The van der Waals surface area contributed by atoms with E-state index in [4.69, 9.17) is 0 Å². The number of rotatable bonds is 4. The molecule has 2 aromatic heterocycles. The number of para-hydroxylation sites is 1. The van der Waals surface area contributed by atoms with E-state index in [9.17, 15) is 0 Å². The Hall–Kier alpha value is -2.20. The summed E-state index contributed by atoms with van der Waals surface area (Å²) < 4.78 is 2.17. The minimum atomic E-state index is 0.757. The Morgan fingerprint density at radius 2 is 2.00 bits per heavy atom. The summed E-state index contributed by atoms with van der Waals surface area (Å²) in [6.07, 6.45) is 3.99. The third-order valence-corrected chi connectivity index (χ3v) is 3.43. The van der Waals surface area contributed by atoms with Gasteiger partial charge in [0.05, 0.1) is 5.69 Å². The smallest absolute Gasteiger partial charge is 0.125 e. The van der Waals surface area contributed by atoms with Crippen LogP contribution in [-0.4, -0.2) is 14.5 Å². The molecule has 0 fully saturated rings. The number of benzene rings is 1. The van der Waals surface area contributed by atoms with Gasteiger partial charge in [-0.05, 0) is 24.6 Å². The Morgan fingerprint density at radius 1 is 1.15 bits per heavy atom. The average molecular weight is 266 g/mol. The van der Waals surface area contributed by atoms with Crippen molar-refractivity contribution in [3.8, 4) is 0 Å². The molecule has 0 unspecified atom stereocenters. The molecule has 0 atom stereocenters. The van der Waals surface area contributed by atoms with Crippen molar-refractivity contribution in [3.63, 3.8) is 0 Å². The molecule has 3 aromatic rings. The Bertz CT molecular complexity index is 730. The average Bonchev–Trinajstić information content (AvgIpc) is 2.77. The number of hydrogen-bond donors (Lipinski definition) is 1. The molecule has 0 aliphatic rings. The van der Waals surface area contributed by atoms with E-state index in [0.717, 1.165) is 24.6 Å². The standard InChI is InChI=1S/C16H18N4/c1-12-18-8-7-14(19-12)10-17-9-13-11-20(2)16-6-4-3-5-15(13)16/h3-8,11,17H,9-10H2,1-2H3. The molecule has 4 nitrogen and oxygen atoms in total. The first-order chi connectivity index (χ1) is 9.74. The van der Waals surface area contributed by atoms with Gasteiger partial charge in [0.15, 0.2) is 0 Å². The third kappa shape index (κ3) is 2.56. The second-order valence-electron chi connectivity index (χ2n) is 4.98. The first kappa shape index (κ1) is 12.8. The molecule has 0 saturated carbocycles. The van der Waals surface area contributed by atoms with Gasteiger partial charge in [-0.1, -0.05) is 18.2 Å². The maximum Gasteiger partial charge on any atom is 0.125 e. The molecule has 102 valence electrons. The Kier molecular flexibility index (Phi) is 3.48. The fourth-order valence-electron chi connectivity index (χ4n) is 2.50. The van der Waals surface area contributed by atoms with Gasteiger partial charge in [0, 0.05) is 43.4 Å². The van der Waals surface area contributed by atoms with Crippen LogP contribution in [-0.2, 0) is 20.1 Å². The highest BCUT2D eigenvalue weighted by Gasteiger charge is 2.05. The molecule has 4 heteroatoms. The van der Waals surface area contributed by atoms with Crippen LogP contribution in [0.1, 0.15) is 17.1 Å². The molecule has 0 spiro atoms. The van der Waals surface area contributed by atoms with E-state index < -0.39 is 0 Å². The summed E-state index contributed by atoms with van der Waals surface area (Å²) in [5.74, 6) is 0.814. The lowest BCUT2D eigenvalue weighted by atomic mass is 10.2. The molecule has 0 radical (unpaired) electrons. The zero-order valence-corrected chi connectivity index (χ0v) is 11.8. The zero-order chi connectivity index (χ0) is 13.9. The Balaban J connectivity index is 1.71. The molecule has 3 rings (SSSR count). The molecular formula is C16H18N4. The van der Waals surface area contributed by atoms with Gasteiger partial charge in [0.2, 0.25) is 0 Å². The highest BCUT2D eigenvalue weighted by molar-refractivity contribution is 5.83. The normalized spacial score (nSPS) is 11.1. The van der Waals surface area contributed by atoms with Crippen molar-refractivity contribution >= 4 is 10.9 Å². The van der Waals surface area contributed by atoms with Crippen molar-refractivity contribution in [1.82, 2.24) is 19.9 Å². The summed E-state index contributed by atoms with van der Waals surface area (Å²) in [5.41, 5.74) is 3.61. The number of nitrogens with one attached hydrogen (secondary N) is 1. The molecule has 0 bridgehead atoms. The maximum atomic E-state index is 4.39. The quantitative estimate of drug-likeness (QED) is 0.789. The lowest BCUT2D eigenvalue weighted by Gasteiger charge is -2.04. The summed E-state index contributed by atoms with van der Waals surface area (Å²) in [6.45, 7) is 3.51. The highest BCUT2D eigenvalue weighted by atomic mass is 14.9. The summed E-state index contributed by atoms with van der Waals surface area (Å²) in [7, 11) is 2.08. The third-order valence-electron chi connectivity index (χ3n) is 3.43. The largest absolute Gasteiger partial charge is 0.350 e. The summed E-state index contributed by atoms with van der Waals surface area (Å²) in [4.78, 5) is 8.50. The van der Waals surface area contributed by atoms with Crippen LogP contribution in [0.15, 0.2) is 42.7 Å². The van der Waals surface area contributed by atoms with E-state index >= 15 is 0 Å². The fourth-order valence-corrected chi connectivity index (χ4v) is 2.50. The summed E-state index contributed by atoms with van der Waals surface area (Å²) >= 11 is 0. The van der Waals surface area contributed by atoms with E-state index in [1.807, 2.05) is 13.0 Å². The minimum absolute atomic E-state index is 0.757.